The first kappa shape index (κ1) is 12.1. The second-order valence-corrected chi connectivity index (χ2v) is 6.64. The van der Waals surface area contributed by atoms with Crippen LogP contribution in [0.2, 0.25) is 0 Å². The number of nitrogens with one attached hydrogen (secondary N) is 1. The van der Waals surface area contributed by atoms with Crippen molar-refractivity contribution in [2.45, 2.75) is 25.9 Å². The Bertz CT molecular complexity index is 379. The molecule has 0 aromatic carbocycles. The molecule has 0 saturated heterocycles. The van der Waals surface area contributed by atoms with E-state index in [0.29, 0.717) is 12.5 Å². The largest absolute Gasteiger partial charge is 0.393 e. The third-order valence-electron chi connectivity index (χ3n) is 2.84. The van der Waals surface area contributed by atoms with E-state index >= 15 is 0 Å². The summed E-state index contributed by atoms with van der Waals surface area (Å²) in [7, 11) is 0. The number of hydrogen-bond acceptors (Lipinski definition) is 3. The highest BCUT2D eigenvalue weighted by atomic mass is 79.9. The molecule has 2 N–H and O–H groups in total. The Kier molecular flexibility index (Phi) is 3.66. The molecule has 1 aromatic heterocycles. The summed E-state index contributed by atoms with van der Waals surface area (Å²) in [6.07, 6.45) is 1.47. The fourth-order valence-electron chi connectivity index (χ4n) is 1.76. The van der Waals surface area contributed by atoms with Crippen LogP contribution in [-0.2, 0) is 0 Å². The Morgan fingerprint density at radius 3 is 2.88 bits per heavy atom. The number of rotatable bonds is 3. The Hall–Kier alpha value is -0.390. The van der Waals surface area contributed by atoms with E-state index in [9.17, 15) is 4.79 Å². The third kappa shape index (κ3) is 2.64. The fraction of sp³-hybridized carbons (Fsp3) is 0.545. The van der Waals surface area contributed by atoms with Gasteiger partial charge in [0, 0.05) is 6.54 Å². The van der Waals surface area contributed by atoms with Crippen molar-refractivity contribution in [1.29, 1.82) is 0 Å². The predicted molar refractivity (Wildman–Crippen MR) is 67.8 cm³/mol. The second-order valence-electron chi connectivity index (χ2n) is 4.27. The first-order valence-electron chi connectivity index (χ1n) is 5.28. The van der Waals surface area contributed by atoms with E-state index in [1.807, 2.05) is 13.0 Å². The fourth-order valence-corrected chi connectivity index (χ4v) is 3.21. The molecule has 0 radical (unpaired) electrons. The van der Waals surface area contributed by atoms with Crippen molar-refractivity contribution in [1.82, 2.24) is 5.32 Å². The second kappa shape index (κ2) is 4.85. The zero-order valence-electron chi connectivity index (χ0n) is 9.00. The molecular weight excluding hydrogens is 290 g/mol. The van der Waals surface area contributed by atoms with Crippen molar-refractivity contribution in [2.75, 3.05) is 6.54 Å². The van der Waals surface area contributed by atoms with Crippen molar-refractivity contribution in [3.8, 4) is 0 Å². The van der Waals surface area contributed by atoms with Crippen LogP contribution in [0.3, 0.4) is 0 Å². The van der Waals surface area contributed by atoms with Gasteiger partial charge in [0.05, 0.1) is 14.8 Å². The zero-order valence-corrected chi connectivity index (χ0v) is 11.4. The number of aryl methyl sites for hydroxylation is 1. The van der Waals surface area contributed by atoms with Gasteiger partial charge < -0.3 is 10.4 Å². The van der Waals surface area contributed by atoms with Crippen LogP contribution in [0.1, 0.15) is 28.1 Å². The van der Waals surface area contributed by atoms with Crippen LogP contribution in [0.5, 0.6) is 0 Å². The minimum absolute atomic E-state index is 0.0137. The third-order valence-corrected chi connectivity index (χ3v) is 4.98. The topological polar surface area (TPSA) is 49.3 Å². The van der Waals surface area contributed by atoms with Gasteiger partial charge in [-0.1, -0.05) is 0 Å². The molecule has 1 heterocycles. The lowest BCUT2D eigenvalue weighted by molar-refractivity contribution is 0.0420. The lowest BCUT2D eigenvalue weighted by atomic mass is 9.82. The van der Waals surface area contributed by atoms with E-state index < -0.39 is 0 Å². The molecule has 1 aliphatic carbocycles. The molecule has 0 atom stereocenters. The van der Waals surface area contributed by atoms with Crippen LogP contribution in [0.25, 0.3) is 0 Å². The Balaban J connectivity index is 1.84. The number of amides is 1. The number of halogens is 1. The zero-order chi connectivity index (χ0) is 11.7. The molecule has 5 heteroatoms. The molecule has 0 unspecified atom stereocenters. The van der Waals surface area contributed by atoms with E-state index in [2.05, 4.69) is 21.2 Å². The summed E-state index contributed by atoms with van der Waals surface area (Å²) in [4.78, 5) is 12.5. The predicted octanol–water partition coefficient (Wildman–Crippen LogP) is 2.32. The molecule has 16 heavy (non-hydrogen) atoms. The van der Waals surface area contributed by atoms with E-state index in [1.165, 1.54) is 11.3 Å². The highest BCUT2D eigenvalue weighted by molar-refractivity contribution is 9.11. The Morgan fingerprint density at radius 1 is 1.69 bits per heavy atom. The molecule has 1 fully saturated rings. The summed E-state index contributed by atoms with van der Waals surface area (Å²) in [6.45, 7) is 2.64. The van der Waals surface area contributed by atoms with E-state index in [0.717, 1.165) is 27.1 Å². The summed E-state index contributed by atoms with van der Waals surface area (Å²) < 4.78 is 1.01. The van der Waals surface area contributed by atoms with Crippen LogP contribution in [0.4, 0.5) is 0 Å². The summed E-state index contributed by atoms with van der Waals surface area (Å²) in [6, 6.07) is 1.89. The highest BCUT2D eigenvalue weighted by Crippen LogP contribution is 2.28. The molecule has 0 bridgehead atoms. The van der Waals surface area contributed by atoms with Crippen molar-refractivity contribution in [2.24, 2.45) is 5.92 Å². The summed E-state index contributed by atoms with van der Waals surface area (Å²) in [5.41, 5.74) is 1.09. The normalized spacial score (nSPS) is 23.9. The van der Waals surface area contributed by atoms with Crippen molar-refractivity contribution < 1.29 is 9.90 Å². The SMILES string of the molecule is Cc1cc(C(=O)NCC2CC(O)C2)sc1Br. The minimum Gasteiger partial charge on any atom is -0.393 e. The first-order chi connectivity index (χ1) is 7.56. The van der Waals surface area contributed by atoms with Gasteiger partial charge in [-0.25, -0.2) is 0 Å². The van der Waals surface area contributed by atoms with Gasteiger partial charge in [0.2, 0.25) is 0 Å². The number of hydrogen-bond donors (Lipinski definition) is 2. The van der Waals surface area contributed by atoms with Gasteiger partial charge in [-0.3, -0.25) is 4.79 Å². The Morgan fingerprint density at radius 2 is 2.38 bits per heavy atom. The van der Waals surface area contributed by atoms with Gasteiger partial charge >= 0.3 is 0 Å². The maximum absolute atomic E-state index is 11.8. The summed E-state index contributed by atoms with van der Waals surface area (Å²) >= 11 is 4.86. The standard InChI is InChI=1S/C11H14BrNO2S/c1-6-2-9(16-10(6)12)11(15)13-5-7-3-8(14)4-7/h2,7-8,14H,3-5H2,1H3,(H,13,15). The van der Waals surface area contributed by atoms with Crippen LogP contribution in [0.15, 0.2) is 9.85 Å². The lowest BCUT2D eigenvalue weighted by Gasteiger charge is -2.31. The number of aliphatic hydroxyl groups excluding tert-OH is 1. The van der Waals surface area contributed by atoms with Gasteiger partial charge in [0.1, 0.15) is 0 Å². The summed E-state index contributed by atoms with van der Waals surface area (Å²) in [5, 5.41) is 12.0. The van der Waals surface area contributed by atoms with Crippen LogP contribution in [0, 0.1) is 12.8 Å². The minimum atomic E-state index is -0.153. The number of aliphatic hydroxyl groups is 1. The van der Waals surface area contributed by atoms with Gasteiger partial charge in [-0.2, -0.15) is 0 Å². The summed E-state index contributed by atoms with van der Waals surface area (Å²) in [5.74, 6) is 0.434. The molecule has 3 nitrogen and oxygen atoms in total. The molecule has 2 rings (SSSR count). The van der Waals surface area contributed by atoms with Crippen LogP contribution in [-0.4, -0.2) is 23.7 Å². The van der Waals surface area contributed by atoms with E-state index in [1.54, 1.807) is 0 Å². The molecule has 0 aliphatic heterocycles. The molecule has 88 valence electrons. The lowest BCUT2D eigenvalue weighted by Crippen LogP contribution is -2.38. The monoisotopic (exact) mass is 303 g/mol. The van der Waals surface area contributed by atoms with Gasteiger partial charge in [-0.15, -0.1) is 11.3 Å². The van der Waals surface area contributed by atoms with Crippen LogP contribution < -0.4 is 5.32 Å². The highest BCUT2D eigenvalue weighted by Gasteiger charge is 2.27. The number of carbonyl (C=O) groups is 1. The van der Waals surface area contributed by atoms with Crippen molar-refractivity contribution >= 4 is 33.2 Å². The van der Waals surface area contributed by atoms with Crippen LogP contribution >= 0.6 is 27.3 Å². The van der Waals surface area contributed by atoms with E-state index in [-0.39, 0.29) is 12.0 Å². The molecular formula is C11H14BrNO2S. The quantitative estimate of drug-likeness (QED) is 0.900. The Labute approximate surface area is 107 Å². The number of carbonyl (C=O) groups excluding carboxylic acids is 1. The average molecular weight is 304 g/mol. The molecule has 1 saturated carbocycles. The average Bonchev–Trinajstić information content (AvgIpc) is 2.52. The van der Waals surface area contributed by atoms with Gasteiger partial charge in [0.25, 0.3) is 5.91 Å². The molecule has 0 spiro atoms. The molecule has 1 aliphatic rings. The van der Waals surface area contributed by atoms with Gasteiger partial charge in [-0.05, 0) is 53.2 Å². The molecule has 1 amide bonds. The maximum Gasteiger partial charge on any atom is 0.261 e. The maximum atomic E-state index is 11.8. The van der Waals surface area contributed by atoms with Crippen molar-refractivity contribution in [3.05, 3.63) is 20.3 Å². The first-order valence-corrected chi connectivity index (χ1v) is 6.89. The molecule has 1 aromatic rings. The smallest absolute Gasteiger partial charge is 0.261 e. The van der Waals surface area contributed by atoms with E-state index in [4.69, 9.17) is 5.11 Å². The van der Waals surface area contributed by atoms with Gasteiger partial charge in [0.15, 0.2) is 0 Å². The van der Waals surface area contributed by atoms with Crippen molar-refractivity contribution in [3.63, 3.8) is 0 Å². The number of thiophene rings is 1.